The number of hydrogen-bond donors (Lipinski definition) is 0. The van der Waals surface area contributed by atoms with Crippen LogP contribution in [-0.2, 0) is 4.74 Å². The predicted octanol–water partition coefficient (Wildman–Crippen LogP) is 2.99. The molecule has 1 aromatic heterocycles. The summed E-state index contributed by atoms with van der Waals surface area (Å²) in [4.78, 5) is 6.94. The number of ether oxygens (including phenoxy) is 1. The maximum atomic E-state index is 5.45. The topological polar surface area (TPSA) is 30.3 Å². The van der Waals surface area contributed by atoms with E-state index in [1.165, 1.54) is 0 Å². The van der Waals surface area contributed by atoms with Crippen molar-refractivity contribution in [3.8, 4) is 5.69 Å². The van der Waals surface area contributed by atoms with Crippen LogP contribution in [0.1, 0.15) is 0 Å². The maximum Gasteiger partial charge on any atom is 0.174 e. The Bertz CT molecular complexity index is 591. The van der Waals surface area contributed by atoms with Crippen LogP contribution in [0.2, 0.25) is 0 Å². The fourth-order valence-electron chi connectivity index (χ4n) is 2.40. The third kappa shape index (κ3) is 3.14. The van der Waals surface area contributed by atoms with E-state index in [0.29, 0.717) is 0 Å². The average molecular weight is 301 g/mol. The van der Waals surface area contributed by atoms with Gasteiger partial charge in [-0.1, -0.05) is 36.0 Å². The number of nitrogens with zero attached hydrogens (tertiary/aromatic N) is 3. The summed E-state index contributed by atoms with van der Waals surface area (Å²) in [5.41, 5.74) is 1.14. The van der Waals surface area contributed by atoms with Gasteiger partial charge in [0, 0.05) is 24.5 Å². The minimum atomic E-state index is 0.773. The Morgan fingerprint density at radius 2 is 2.00 bits per heavy atom. The Kier molecular flexibility index (Phi) is 4.62. The molecule has 1 aliphatic heterocycles. The van der Waals surface area contributed by atoms with Crippen LogP contribution in [0.4, 0.5) is 5.82 Å². The first kappa shape index (κ1) is 14.2. The molecule has 1 fully saturated rings. The molecule has 21 heavy (non-hydrogen) atoms. The molecule has 1 aromatic carbocycles. The first-order valence-electron chi connectivity index (χ1n) is 7.09. The molecule has 5 heteroatoms. The quantitative estimate of drug-likeness (QED) is 0.627. The standard InChI is InChI=1S/C16H19N3OS/c1-2-12-21-16-17-13-15(18-8-10-20-11-9-18)19(16)14-6-4-3-5-7-14/h2-7,13H,1,8-12H2. The summed E-state index contributed by atoms with van der Waals surface area (Å²) >= 11 is 1.70. The molecule has 110 valence electrons. The lowest BCUT2D eigenvalue weighted by atomic mass is 10.3. The van der Waals surface area contributed by atoms with E-state index < -0.39 is 0 Å². The molecule has 2 heterocycles. The van der Waals surface area contributed by atoms with Crippen molar-refractivity contribution in [3.05, 3.63) is 49.2 Å². The Balaban J connectivity index is 1.99. The van der Waals surface area contributed by atoms with Crippen molar-refractivity contribution in [1.82, 2.24) is 9.55 Å². The fraction of sp³-hybridized carbons (Fsp3) is 0.312. The zero-order valence-corrected chi connectivity index (χ0v) is 12.8. The average Bonchev–Trinajstić information content (AvgIpc) is 2.98. The van der Waals surface area contributed by atoms with Gasteiger partial charge in [0.15, 0.2) is 5.16 Å². The highest BCUT2D eigenvalue weighted by atomic mass is 32.2. The van der Waals surface area contributed by atoms with E-state index in [-0.39, 0.29) is 0 Å². The summed E-state index contributed by atoms with van der Waals surface area (Å²) in [6.45, 7) is 7.15. The van der Waals surface area contributed by atoms with Gasteiger partial charge in [-0.05, 0) is 12.1 Å². The highest BCUT2D eigenvalue weighted by Crippen LogP contribution is 2.29. The highest BCUT2D eigenvalue weighted by Gasteiger charge is 2.19. The molecule has 0 amide bonds. The number of para-hydroxylation sites is 1. The molecule has 2 aromatic rings. The monoisotopic (exact) mass is 301 g/mol. The summed E-state index contributed by atoms with van der Waals surface area (Å²) < 4.78 is 7.67. The third-order valence-corrected chi connectivity index (χ3v) is 4.34. The Morgan fingerprint density at radius 3 is 2.71 bits per heavy atom. The summed E-state index contributed by atoms with van der Waals surface area (Å²) in [6, 6.07) is 10.4. The van der Waals surface area contributed by atoms with Crippen molar-refractivity contribution in [1.29, 1.82) is 0 Å². The van der Waals surface area contributed by atoms with Gasteiger partial charge < -0.3 is 9.64 Å². The zero-order chi connectivity index (χ0) is 14.5. The van der Waals surface area contributed by atoms with Gasteiger partial charge in [0.05, 0.1) is 19.4 Å². The minimum Gasteiger partial charge on any atom is -0.378 e. The molecule has 0 unspecified atom stereocenters. The van der Waals surface area contributed by atoms with Crippen LogP contribution < -0.4 is 4.90 Å². The van der Waals surface area contributed by atoms with Gasteiger partial charge in [0.2, 0.25) is 0 Å². The van der Waals surface area contributed by atoms with Crippen molar-refractivity contribution < 1.29 is 4.74 Å². The van der Waals surface area contributed by atoms with Crippen LogP contribution in [0, 0.1) is 0 Å². The number of imidazole rings is 1. The summed E-state index contributed by atoms with van der Waals surface area (Å²) in [7, 11) is 0. The minimum absolute atomic E-state index is 0.773. The molecule has 4 nitrogen and oxygen atoms in total. The second-order valence-electron chi connectivity index (χ2n) is 4.77. The van der Waals surface area contributed by atoms with E-state index in [1.54, 1.807) is 11.8 Å². The van der Waals surface area contributed by atoms with E-state index in [9.17, 15) is 0 Å². The number of benzene rings is 1. The van der Waals surface area contributed by atoms with Crippen molar-refractivity contribution in [2.75, 3.05) is 37.0 Å². The van der Waals surface area contributed by atoms with Crippen LogP contribution >= 0.6 is 11.8 Å². The van der Waals surface area contributed by atoms with Crippen LogP contribution in [0.3, 0.4) is 0 Å². The van der Waals surface area contributed by atoms with E-state index in [2.05, 4.69) is 45.3 Å². The number of aromatic nitrogens is 2. The number of hydrogen-bond acceptors (Lipinski definition) is 4. The van der Waals surface area contributed by atoms with Crippen molar-refractivity contribution in [2.24, 2.45) is 0 Å². The Labute approximate surface area is 129 Å². The normalized spacial score (nSPS) is 15.1. The molecule has 0 N–H and O–H groups in total. The molecule has 0 radical (unpaired) electrons. The Hall–Kier alpha value is -1.72. The maximum absolute atomic E-state index is 5.45. The van der Waals surface area contributed by atoms with E-state index in [4.69, 9.17) is 4.74 Å². The fourth-order valence-corrected chi connectivity index (χ4v) is 3.12. The van der Waals surface area contributed by atoms with E-state index >= 15 is 0 Å². The molecule has 0 spiro atoms. The van der Waals surface area contributed by atoms with Crippen LogP contribution in [0.25, 0.3) is 5.69 Å². The van der Waals surface area contributed by atoms with Crippen LogP contribution in [0.5, 0.6) is 0 Å². The molecule has 1 saturated heterocycles. The third-order valence-electron chi connectivity index (χ3n) is 3.39. The van der Waals surface area contributed by atoms with Gasteiger partial charge in [-0.25, -0.2) is 4.98 Å². The molecule has 0 bridgehead atoms. The van der Waals surface area contributed by atoms with Gasteiger partial charge in [-0.2, -0.15) is 0 Å². The van der Waals surface area contributed by atoms with Gasteiger partial charge in [0.1, 0.15) is 5.82 Å². The first-order valence-corrected chi connectivity index (χ1v) is 8.08. The summed E-state index contributed by atoms with van der Waals surface area (Å²) in [5.74, 6) is 1.99. The molecule has 1 aliphatic rings. The SMILES string of the molecule is C=CCSc1ncc(N2CCOCC2)n1-c1ccccc1. The molecule has 3 rings (SSSR count). The van der Waals surface area contributed by atoms with Crippen LogP contribution in [0.15, 0.2) is 54.3 Å². The summed E-state index contributed by atoms with van der Waals surface area (Å²) in [5, 5.41) is 1.00. The van der Waals surface area contributed by atoms with E-state index in [1.807, 2.05) is 18.3 Å². The number of thioether (sulfide) groups is 1. The second kappa shape index (κ2) is 6.83. The van der Waals surface area contributed by atoms with Gasteiger partial charge in [-0.15, -0.1) is 6.58 Å². The van der Waals surface area contributed by atoms with Gasteiger partial charge >= 0.3 is 0 Å². The highest BCUT2D eigenvalue weighted by molar-refractivity contribution is 7.99. The lowest BCUT2D eigenvalue weighted by molar-refractivity contribution is 0.122. The lowest BCUT2D eigenvalue weighted by Crippen LogP contribution is -2.37. The zero-order valence-electron chi connectivity index (χ0n) is 11.9. The van der Waals surface area contributed by atoms with Gasteiger partial charge in [-0.3, -0.25) is 4.57 Å². The van der Waals surface area contributed by atoms with Gasteiger partial charge in [0.25, 0.3) is 0 Å². The second-order valence-corrected chi connectivity index (χ2v) is 5.76. The van der Waals surface area contributed by atoms with Crippen molar-refractivity contribution in [3.63, 3.8) is 0 Å². The molecular formula is C16H19N3OS. The van der Waals surface area contributed by atoms with Crippen molar-refractivity contribution >= 4 is 17.6 Å². The van der Waals surface area contributed by atoms with Crippen LogP contribution in [-0.4, -0.2) is 41.6 Å². The first-order chi connectivity index (χ1) is 10.4. The molecule has 0 aliphatic carbocycles. The largest absolute Gasteiger partial charge is 0.378 e. The summed E-state index contributed by atoms with van der Waals surface area (Å²) in [6.07, 6.45) is 3.87. The molecular weight excluding hydrogens is 282 g/mol. The number of rotatable bonds is 5. The lowest BCUT2D eigenvalue weighted by Gasteiger charge is -2.29. The number of anilines is 1. The molecule has 0 atom stereocenters. The van der Waals surface area contributed by atoms with Crippen molar-refractivity contribution in [2.45, 2.75) is 5.16 Å². The number of morpholine rings is 1. The Morgan fingerprint density at radius 1 is 1.24 bits per heavy atom. The van der Waals surface area contributed by atoms with E-state index in [0.717, 1.165) is 48.7 Å². The predicted molar refractivity (Wildman–Crippen MR) is 87.5 cm³/mol. The molecule has 0 saturated carbocycles. The smallest absolute Gasteiger partial charge is 0.174 e.